The SMILES string of the molecule is CC(C)C1(CNC(C)(C)C)CC2CCC1C2. The molecular weight excluding hydrogens is 194 g/mol. The minimum Gasteiger partial charge on any atom is -0.311 e. The molecule has 2 aliphatic carbocycles. The first-order chi connectivity index (χ1) is 7.33. The molecule has 94 valence electrons. The zero-order valence-electron chi connectivity index (χ0n) is 11.8. The van der Waals surface area contributed by atoms with Crippen LogP contribution in [0.2, 0.25) is 0 Å². The van der Waals surface area contributed by atoms with Crippen molar-refractivity contribution in [3.63, 3.8) is 0 Å². The second kappa shape index (κ2) is 4.01. The molecule has 1 heteroatoms. The molecule has 1 N–H and O–H groups in total. The van der Waals surface area contributed by atoms with Crippen LogP contribution >= 0.6 is 0 Å². The number of fused-ring (bicyclic) bond motifs is 2. The van der Waals surface area contributed by atoms with E-state index >= 15 is 0 Å². The lowest BCUT2D eigenvalue weighted by molar-refractivity contribution is 0.0839. The van der Waals surface area contributed by atoms with Gasteiger partial charge in [0.25, 0.3) is 0 Å². The Bertz CT molecular complexity index is 251. The van der Waals surface area contributed by atoms with Crippen LogP contribution in [0.5, 0.6) is 0 Å². The molecule has 2 fully saturated rings. The van der Waals surface area contributed by atoms with E-state index < -0.39 is 0 Å². The van der Waals surface area contributed by atoms with E-state index in [0.29, 0.717) is 5.41 Å². The molecule has 2 aliphatic rings. The van der Waals surface area contributed by atoms with Crippen LogP contribution in [0.1, 0.15) is 60.3 Å². The van der Waals surface area contributed by atoms with E-state index in [0.717, 1.165) is 17.8 Å². The average molecular weight is 223 g/mol. The van der Waals surface area contributed by atoms with Crippen LogP contribution in [0.3, 0.4) is 0 Å². The zero-order valence-corrected chi connectivity index (χ0v) is 11.8. The first-order valence-electron chi connectivity index (χ1n) is 7.08. The van der Waals surface area contributed by atoms with Gasteiger partial charge in [0, 0.05) is 12.1 Å². The maximum Gasteiger partial charge on any atom is 0.00967 e. The Morgan fingerprint density at radius 3 is 2.31 bits per heavy atom. The Balaban J connectivity index is 2.06. The van der Waals surface area contributed by atoms with Crippen molar-refractivity contribution in [1.29, 1.82) is 0 Å². The summed E-state index contributed by atoms with van der Waals surface area (Å²) in [7, 11) is 0. The van der Waals surface area contributed by atoms with Gasteiger partial charge in [-0.05, 0) is 63.2 Å². The maximum absolute atomic E-state index is 3.77. The number of rotatable bonds is 3. The van der Waals surface area contributed by atoms with Crippen molar-refractivity contribution in [1.82, 2.24) is 5.32 Å². The summed E-state index contributed by atoms with van der Waals surface area (Å²) < 4.78 is 0. The van der Waals surface area contributed by atoms with E-state index in [9.17, 15) is 0 Å². The molecule has 0 radical (unpaired) electrons. The largest absolute Gasteiger partial charge is 0.311 e. The van der Waals surface area contributed by atoms with Gasteiger partial charge in [-0.15, -0.1) is 0 Å². The van der Waals surface area contributed by atoms with Gasteiger partial charge in [-0.3, -0.25) is 0 Å². The van der Waals surface area contributed by atoms with Crippen molar-refractivity contribution in [2.24, 2.45) is 23.2 Å². The van der Waals surface area contributed by atoms with Crippen LogP contribution in [0.25, 0.3) is 0 Å². The third kappa shape index (κ3) is 2.16. The van der Waals surface area contributed by atoms with Crippen LogP contribution < -0.4 is 5.32 Å². The van der Waals surface area contributed by atoms with Crippen LogP contribution in [0, 0.1) is 23.2 Å². The molecule has 0 saturated heterocycles. The monoisotopic (exact) mass is 223 g/mol. The second-order valence-electron chi connectivity index (χ2n) is 7.57. The Kier molecular flexibility index (Phi) is 3.11. The first-order valence-corrected chi connectivity index (χ1v) is 7.08. The molecule has 1 nitrogen and oxygen atoms in total. The lowest BCUT2D eigenvalue weighted by Gasteiger charge is -2.43. The summed E-state index contributed by atoms with van der Waals surface area (Å²) in [6, 6.07) is 0. The fourth-order valence-corrected chi connectivity index (χ4v) is 4.04. The summed E-state index contributed by atoms with van der Waals surface area (Å²) in [6.07, 6.45) is 6.01. The summed E-state index contributed by atoms with van der Waals surface area (Å²) in [5, 5.41) is 3.77. The molecule has 0 aromatic carbocycles. The molecule has 3 atom stereocenters. The Morgan fingerprint density at radius 2 is 1.94 bits per heavy atom. The lowest BCUT2D eigenvalue weighted by Crippen LogP contribution is -2.48. The molecule has 0 spiro atoms. The molecular formula is C15H29N. The molecule has 0 amide bonds. The third-order valence-corrected chi connectivity index (χ3v) is 5.12. The van der Waals surface area contributed by atoms with E-state index in [1.807, 2.05) is 0 Å². The predicted octanol–water partition coefficient (Wildman–Crippen LogP) is 3.84. The second-order valence-corrected chi connectivity index (χ2v) is 7.57. The topological polar surface area (TPSA) is 12.0 Å². The minimum atomic E-state index is 0.268. The highest BCUT2D eigenvalue weighted by Gasteiger charge is 2.52. The van der Waals surface area contributed by atoms with Crippen LogP contribution in [0.15, 0.2) is 0 Å². The first kappa shape index (κ1) is 12.4. The molecule has 0 aliphatic heterocycles. The van der Waals surface area contributed by atoms with Crippen molar-refractivity contribution in [3.05, 3.63) is 0 Å². The molecule has 0 aromatic heterocycles. The highest BCUT2D eigenvalue weighted by Crippen LogP contribution is 2.59. The fourth-order valence-electron chi connectivity index (χ4n) is 4.04. The Morgan fingerprint density at radius 1 is 1.25 bits per heavy atom. The standard InChI is InChI=1S/C15H29N/c1-11(2)15(10-16-14(3,4)5)9-12-6-7-13(15)8-12/h11-13,16H,6-10H2,1-5H3. The van der Waals surface area contributed by atoms with Crippen molar-refractivity contribution in [2.75, 3.05) is 6.54 Å². The van der Waals surface area contributed by atoms with Gasteiger partial charge in [0.2, 0.25) is 0 Å². The summed E-state index contributed by atoms with van der Waals surface area (Å²) in [6.45, 7) is 13.0. The quantitative estimate of drug-likeness (QED) is 0.766. The number of nitrogens with one attached hydrogen (secondary N) is 1. The van der Waals surface area contributed by atoms with Crippen molar-refractivity contribution in [3.8, 4) is 0 Å². The molecule has 2 rings (SSSR count). The van der Waals surface area contributed by atoms with Gasteiger partial charge in [-0.25, -0.2) is 0 Å². The molecule has 16 heavy (non-hydrogen) atoms. The van der Waals surface area contributed by atoms with Gasteiger partial charge in [0.1, 0.15) is 0 Å². The lowest BCUT2D eigenvalue weighted by atomic mass is 9.65. The smallest absolute Gasteiger partial charge is 0.00967 e. The number of hydrogen-bond acceptors (Lipinski definition) is 1. The molecule has 2 saturated carbocycles. The average Bonchev–Trinajstić information content (AvgIpc) is 2.72. The highest BCUT2D eigenvalue weighted by atomic mass is 15.0. The van der Waals surface area contributed by atoms with E-state index in [1.165, 1.54) is 32.2 Å². The normalized spacial score (nSPS) is 38.6. The van der Waals surface area contributed by atoms with Gasteiger partial charge >= 0.3 is 0 Å². The van der Waals surface area contributed by atoms with Gasteiger partial charge in [0.05, 0.1) is 0 Å². The van der Waals surface area contributed by atoms with Gasteiger partial charge in [0.15, 0.2) is 0 Å². The van der Waals surface area contributed by atoms with Crippen molar-refractivity contribution >= 4 is 0 Å². The van der Waals surface area contributed by atoms with Crippen molar-refractivity contribution < 1.29 is 0 Å². The summed E-state index contributed by atoms with van der Waals surface area (Å²) in [4.78, 5) is 0. The Labute approximate surface area is 101 Å². The van der Waals surface area contributed by atoms with Crippen LogP contribution in [-0.2, 0) is 0 Å². The van der Waals surface area contributed by atoms with Gasteiger partial charge < -0.3 is 5.32 Å². The summed E-state index contributed by atoms with van der Waals surface area (Å²) >= 11 is 0. The van der Waals surface area contributed by atoms with Crippen LogP contribution in [0.4, 0.5) is 0 Å². The van der Waals surface area contributed by atoms with E-state index in [1.54, 1.807) is 0 Å². The highest BCUT2D eigenvalue weighted by molar-refractivity contribution is 5.03. The van der Waals surface area contributed by atoms with Crippen molar-refractivity contribution in [2.45, 2.75) is 65.8 Å². The summed E-state index contributed by atoms with van der Waals surface area (Å²) in [5.41, 5.74) is 0.875. The van der Waals surface area contributed by atoms with Gasteiger partial charge in [-0.1, -0.05) is 20.3 Å². The fraction of sp³-hybridized carbons (Fsp3) is 1.00. The molecule has 2 bridgehead atoms. The Hall–Kier alpha value is -0.0400. The predicted molar refractivity (Wildman–Crippen MR) is 70.5 cm³/mol. The molecule has 0 heterocycles. The number of hydrogen-bond donors (Lipinski definition) is 1. The van der Waals surface area contributed by atoms with Gasteiger partial charge in [-0.2, -0.15) is 0 Å². The summed E-state index contributed by atoms with van der Waals surface area (Å²) in [5.74, 6) is 2.89. The maximum atomic E-state index is 3.77. The van der Waals surface area contributed by atoms with E-state index in [2.05, 4.69) is 39.9 Å². The zero-order chi connectivity index (χ0) is 12.0. The minimum absolute atomic E-state index is 0.268. The van der Waals surface area contributed by atoms with E-state index in [4.69, 9.17) is 0 Å². The van der Waals surface area contributed by atoms with Crippen LogP contribution in [-0.4, -0.2) is 12.1 Å². The molecule has 0 aromatic rings. The molecule has 3 unspecified atom stereocenters. The van der Waals surface area contributed by atoms with E-state index in [-0.39, 0.29) is 5.54 Å². The third-order valence-electron chi connectivity index (χ3n) is 5.12.